The summed E-state index contributed by atoms with van der Waals surface area (Å²) in [5.41, 5.74) is 0.868. The number of guanidine groups is 1. The van der Waals surface area contributed by atoms with Crippen LogP contribution in [0.1, 0.15) is 51.1 Å². The summed E-state index contributed by atoms with van der Waals surface area (Å²) >= 11 is 1.99. The summed E-state index contributed by atoms with van der Waals surface area (Å²) in [6.45, 7) is 7.28. The molecule has 1 heterocycles. The van der Waals surface area contributed by atoms with Crippen molar-refractivity contribution in [2.45, 2.75) is 50.3 Å². The van der Waals surface area contributed by atoms with Crippen LogP contribution in [0.25, 0.3) is 0 Å². The second kappa shape index (κ2) is 12.3. The maximum absolute atomic E-state index is 14.4. The predicted octanol–water partition coefficient (Wildman–Crippen LogP) is 4.76. The molecule has 5 nitrogen and oxygen atoms in total. The number of thioether (sulfide) groups is 1. The van der Waals surface area contributed by atoms with Gasteiger partial charge in [-0.25, -0.2) is 4.39 Å². The molecule has 0 radical (unpaired) electrons. The smallest absolute Gasteiger partial charge is 0.191 e. The molecular weight excluding hydrogens is 516 g/mol. The maximum atomic E-state index is 14.4. The van der Waals surface area contributed by atoms with Gasteiger partial charge in [-0.1, -0.05) is 13.0 Å². The lowest BCUT2D eigenvalue weighted by Crippen LogP contribution is -2.48. The molecule has 30 heavy (non-hydrogen) atoms. The number of hydrogen-bond acceptors (Lipinski definition) is 4. The lowest BCUT2D eigenvalue weighted by molar-refractivity contribution is 0.0782. The van der Waals surface area contributed by atoms with Crippen LogP contribution < -0.4 is 15.4 Å². The molecule has 3 rings (SSSR count). The van der Waals surface area contributed by atoms with E-state index >= 15 is 0 Å². The molecule has 1 atom stereocenters. The van der Waals surface area contributed by atoms with Crippen molar-refractivity contribution in [1.29, 1.82) is 0 Å². The zero-order valence-corrected chi connectivity index (χ0v) is 21.4. The Hall–Kier alpha value is -0.740. The average Bonchev–Trinajstić information content (AvgIpc) is 3.55. The van der Waals surface area contributed by atoms with Gasteiger partial charge in [0.2, 0.25) is 0 Å². The van der Waals surface area contributed by atoms with Crippen molar-refractivity contribution in [2.24, 2.45) is 10.9 Å². The number of rotatable bonds is 9. The van der Waals surface area contributed by atoms with Crippen molar-refractivity contribution in [2.75, 3.05) is 39.2 Å². The summed E-state index contributed by atoms with van der Waals surface area (Å²) in [4.78, 5) is 4.36. The van der Waals surface area contributed by atoms with Gasteiger partial charge in [0.25, 0.3) is 0 Å². The van der Waals surface area contributed by atoms with Crippen LogP contribution in [-0.4, -0.2) is 49.9 Å². The lowest BCUT2D eigenvalue weighted by Gasteiger charge is -2.37. The predicted molar refractivity (Wildman–Crippen MR) is 134 cm³/mol. The summed E-state index contributed by atoms with van der Waals surface area (Å²) in [6, 6.07) is 5.14. The second-order valence-electron chi connectivity index (χ2n) is 7.96. The third kappa shape index (κ3) is 7.44. The van der Waals surface area contributed by atoms with E-state index in [9.17, 15) is 4.39 Å². The minimum atomic E-state index is -0.305. The topological polar surface area (TPSA) is 54.9 Å². The second-order valence-corrected chi connectivity index (χ2v) is 9.70. The third-order valence-electron chi connectivity index (χ3n) is 5.64. The Morgan fingerprint density at radius 2 is 2.10 bits per heavy atom. The van der Waals surface area contributed by atoms with Crippen molar-refractivity contribution in [3.63, 3.8) is 0 Å². The highest BCUT2D eigenvalue weighted by Crippen LogP contribution is 2.35. The van der Waals surface area contributed by atoms with Crippen LogP contribution in [-0.2, 0) is 4.74 Å². The minimum absolute atomic E-state index is 0. The van der Waals surface area contributed by atoms with E-state index in [-0.39, 0.29) is 40.6 Å². The van der Waals surface area contributed by atoms with E-state index in [0.717, 1.165) is 49.9 Å². The molecule has 0 bridgehead atoms. The van der Waals surface area contributed by atoms with E-state index in [1.807, 2.05) is 24.8 Å². The zero-order chi connectivity index (χ0) is 20.7. The standard InChI is InChI=1S/C22H34FN3O2S.HI/c1-4-29-22(9-11-27-12-10-22)15-25-21(24-3)26-16(2)18-7-8-20(19(23)13-18)28-14-17-5-6-17;/h7-8,13,16-17H,4-6,9-12,14-15H2,1-3H3,(H2,24,25,26);1H. The summed E-state index contributed by atoms with van der Waals surface area (Å²) < 4.78 is 25.7. The molecule has 1 aromatic carbocycles. The molecule has 2 aliphatic rings. The Bertz CT molecular complexity index is 691. The SMILES string of the molecule is CCSC1(CNC(=NC)NC(C)c2ccc(OCC3CC3)c(F)c2)CCOCC1.I. The molecule has 1 aromatic rings. The van der Waals surface area contributed by atoms with Gasteiger partial charge >= 0.3 is 0 Å². The Morgan fingerprint density at radius 3 is 2.70 bits per heavy atom. The molecule has 2 N–H and O–H groups in total. The summed E-state index contributed by atoms with van der Waals surface area (Å²) in [5, 5.41) is 6.85. The Morgan fingerprint density at radius 1 is 1.37 bits per heavy atom. The molecule has 1 saturated carbocycles. The Kier molecular flexibility index (Phi) is 10.5. The normalized spacial score (nSPS) is 19.5. The van der Waals surface area contributed by atoms with Gasteiger partial charge in [0.05, 0.1) is 12.6 Å². The minimum Gasteiger partial charge on any atom is -0.490 e. The van der Waals surface area contributed by atoms with Crippen molar-refractivity contribution >= 4 is 41.7 Å². The molecule has 2 fully saturated rings. The van der Waals surface area contributed by atoms with Crippen LogP contribution in [0.3, 0.4) is 0 Å². The molecule has 1 aliphatic heterocycles. The van der Waals surface area contributed by atoms with Gasteiger partial charge in [-0.05, 0) is 62.0 Å². The summed E-state index contributed by atoms with van der Waals surface area (Å²) in [5.74, 6) is 2.45. The van der Waals surface area contributed by atoms with Gasteiger partial charge in [-0.15, -0.1) is 24.0 Å². The zero-order valence-electron chi connectivity index (χ0n) is 18.2. The largest absolute Gasteiger partial charge is 0.490 e. The van der Waals surface area contributed by atoms with Crippen LogP contribution in [0, 0.1) is 11.7 Å². The van der Waals surface area contributed by atoms with Crippen LogP contribution >= 0.6 is 35.7 Å². The first-order chi connectivity index (χ1) is 14.0. The van der Waals surface area contributed by atoms with Crippen molar-refractivity contribution < 1.29 is 13.9 Å². The average molecular weight is 552 g/mol. The number of nitrogens with one attached hydrogen (secondary N) is 2. The Labute approximate surface area is 201 Å². The molecule has 0 amide bonds. The monoisotopic (exact) mass is 551 g/mol. The number of halogens is 2. The number of benzene rings is 1. The van der Waals surface area contributed by atoms with E-state index in [1.54, 1.807) is 19.2 Å². The summed E-state index contributed by atoms with van der Waals surface area (Å²) in [7, 11) is 1.76. The molecule has 1 unspecified atom stereocenters. The van der Waals surface area contributed by atoms with E-state index in [0.29, 0.717) is 18.3 Å². The number of ether oxygens (including phenoxy) is 2. The molecular formula is C22H35FIN3O2S. The molecule has 1 aliphatic carbocycles. The van der Waals surface area contributed by atoms with Gasteiger partial charge in [-0.3, -0.25) is 4.99 Å². The van der Waals surface area contributed by atoms with E-state index in [4.69, 9.17) is 9.47 Å². The van der Waals surface area contributed by atoms with Gasteiger partial charge in [-0.2, -0.15) is 11.8 Å². The maximum Gasteiger partial charge on any atom is 0.191 e. The molecule has 1 saturated heterocycles. The van der Waals surface area contributed by atoms with Gasteiger partial charge < -0.3 is 20.1 Å². The molecule has 170 valence electrons. The van der Waals surface area contributed by atoms with Crippen molar-refractivity contribution in [1.82, 2.24) is 10.6 Å². The number of nitrogens with zero attached hydrogens (tertiary/aromatic N) is 1. The fraction of sp³-hybridized carbons (Fsp3) is 0.682. The van der Waals surface area contributed by atoms with E-state index < -0.39 is 0 Å². The fourth-order valence-corrected chi connectivity index (χ4v) is 4.79. The number of aliphatic imine (C=N–C) groups is 1. The third-order valence-corrected chi connectivity index (χ3v) is 7.09. The molecule has 0 spiro atoms. The lowest BCUT2D eigenvalue weighted by atomic mass is 9.99. The molecule has 0 aromatic heterocycles. The first-order valence-electron chi connectivity index (χ1n) is 10.7. The highest BCUT2D eigenvalue weighted by atomic mass is 127. The van der Waals surface area contributed by atoms with Crippen LogP contribution in [0.15, 0.2) is 23.2 Å². The van der Waals surface area contributed by atoms with Gasteiger partial charge in [0, 0.05) is 31.6 Å². The van der Waals surface area contributed by atoms with Crippen molar-refractivity contribution in [3.05, 3.63) is 29.6 Å². The highest BCUT2D eigenvalue weighted by Gasteiger charge is 2.32. The van der Waals surface area contributed by atoms with Crippen LogP contribution in [0.5, 0.6) is 5.75 Å². The number of hydrogen-bond donors (Lipinski definition) is 2. The molecule has 8 heteroatoms. The van der Waals surface area contributed by atoms with E-state index in [1.165, 1.54) is 12.8 Å². The fourth-order valence-electron chi connectivity index (χ4n) is 3.55. The quantitative estimate of drug-likeness (QED) is 0.264. The highest BCUT2D eigenvalue weighted by molar-refractivity contribution is 14.0. The van der Waals surface area contributed by atoms with Crippen LogP contribution in [0.4, 0.5) is 4.39 Å². The van der Waals surface area contributed by atoms with Crippen molar-refractivity contribution in [3.8, 4) is 5.75 Å². The first-order valence-corrected chi connectivity index (χ1v) is 11.6. The van der Waals surface area contributed by atoms with Crippen LogP contribution in [0.2, 0.25) is 0 Å². The van der Waals surface area contributed by atoms with Gasteiger partial charge in [0.1, 0.15) is 0 Å². The Balaban J connectivity index is 0.00000320. The first kappa shape index (κ1) is 25.5. The van der Waals surface area contributed by atoms with Gasteiger partial charge in [0.15, 0.2) is 17.5 Å². The van der Waals surface area contributed by atoms with E-state index in [2.05, 4.69) is 22.5 Å². The summed E-state index contributed by atoms with van der Waals surface area (Å²) in [6.07, 6.45) is 4.47.